The number of carbonyl (C=O) groups is 3. The summed E-state index contributed by atoms with van der Waals surface area (Å²) in [5.41, 5.74) is 2.05. The number of Topliss-reactive ketones (excluding diaryl/α,β-unsaturated/α-hetero) is 1. The normalized spacial score (nSPS) is 15.4. The highest BCUT2D eigenvalue weighted by Gasteiger charge is 2.24. The fourth-order valence-electron chi connectivity index (χ4n) is 4.13. The van der Waals surface area contributed by atoms with Gasteiger partial charge in [-0.3, -0.25) is 19.3 Å². The van der Waals surface area contributed by atoms with Gasteiger partial charge >= 0.3 is 0 Å². The second-order valence-electron chi connectivity index (χ2n) is 8.35. The van der Waals surface area contributed by atoms with Gasteiger partial charge in [0.1, 0.15) is 0 Å². The summed E-state index contributed by atoms with van der Waals surface area (Å²) >= 11 is 0. The van der Waals surface area contributed by atoms with Crippen molar-refractivity contribution in [2.45, 2.75) is 26.2 Å². The first-order valence-corrected chi connectivity index (χ1v) is 11.3. The molecule has 0 aromatic heterocycles. The topological polar surface area (TPSA) is 88.2 Å². The summed E-state index contributed by atoms with van der Waals surface area (Å²) in [4.78, 5) is 41.1. The van der Waals surface area contributed by atoms with Crippen molar-refractivity contribution >= 4 is 23.3 Å². The van der Waals surface area contributed by atoms with E-state index in [0.29, 0.717) is 55.3 Å². The molecule has 8 heteroatoms. The van der Waals surface area contributed by atoms with E-state index in [0.717, 1.165) is 12.8 Å². The van der Waals surface area contributed by atoms with Crippen molar-refractivity contribution in [2.24, 2.45) is 0 Å². The Morgan fingerprint density at radius 1 is 0.970 bits per heavy atom. The van der Waals surface area contributed by atoms with Gasteiger partial charge in [-0.15, -0.1) is 0 Å². The van der Waals surface area contributed by atoms with Gasteiger partial charge in [0, 0.05) is 44.2 Å². The van der Waals surface area contributed by atoms with E-state index in [1.807, 2.05) is 28.0 Å². The van der Waals surface area contributed by atoms with Gasteiger partial charge in [-0.25, -0.2) is 0 Å². The summed E-state index contributed by atoms with van der Waals surface area (Å²) in [6, 6.07) is 13.4. The number of hydrogen-bond donors (Lipinski definition) is 1. The van der Waals surface area contributed by atoms with Crippen LogP contribution in [0.15, 0.2) is 42.5 Å². The average Bonchev–Trinajstić information content (AvgIpc) is 3.27. The maximum absolute atomic E-state index is 12.6. The lowest BCUT2D eigenvalue weighted by atomic mass is 10.1. The minimum Gasteiger partial charge on any atom is -0.454 e. The van der Waals surface area contributed by atoms with Crippen molar-refractivity contribution < 1.29 is 23.9 Å². The minimum atomic E-state index is -0.209. The quantitative estimate of drug-likeness (QED) is 0.621. The Morgan fingerprint density at radius 2 is 1.67 bits per heavy atom. The Labute approximate surface area is 193 Å². The van der Waals surface area contributed by atoms with Crippen LogP contribution in [0, 0.1) is 0 Å². The van der Waals surface area contributed by atoms with Gasteiger partial charge in [-0.2, -0.15) is 0 Å². The summed E-state index contributed by atoms with van der Waals surface area (Å²) < 4.78 is 10.7. The molecule has 2 aromatic carbocycles. The van der Waals surface area contributed by atoms with Crippen LogP contribution < -0.4 is 14.8 Å². The molecule has 0 aliphatic carbocycles. The highest BCUT2D eigenvalue weighted by Crippen LogP contribution is 2.37. The Kier molecular flexibility index (Phi) is 7.24. The first-order chi connectivity index (χ1) is 16.0. The summed E-state index contributed by atoms with van der Waals surface area (Å²) in [6.07, 6.45) is 2.27. The first kappa shape index (κ1) is 22.8. The number of benzene rings is 2. The van der Waals surface area contributed by atoms with Crippen LogP contribution in [0.1, 0.15) is 35.7 Å². The van der Waals surface area contributed by atoms with E-state index in [2.05, 4.69) is 17.4 Å². The Hall–Kier alpha value is -3.39. The number of anilines is 1. The fourth-order valence-corrected chi connectivity index (χ4v) is 4.13. The molecule has 0 saturated carbocycles. The van der Waals surface area contributed by atoms with Gasteiger partial charge in [-0.05, 0) is 31.4 Å². The van der Waals surface area contributed by atoms with Crippen molar-refractivity contribution in [1.29, 1.82) is 0 Å². The monoisotopic (exact) mass is 451 g/mol. The number of aryl methyl sites for hydroxylation is 1. The predicted octanol–water partition coefficient (Wildman–Crippen LogP) is 2.72. The van der Waals surface area contributed by atoms with Crippen LogP contribution in [0.3, 0.4) is 0 Å². The summed E-state index contributed by atoms with van der Waals surface area (Å²) in [5.74, 6) is 0.806. The smallest absolute Gasteiger partial charge is 0.238 e. The van der Waals surface area contributed by atoms with Crippen molar-refractivity contribution in [2.75, 3.05) is 44.8 Å². The van der Waals surface area contributed by atoms with Crippen LogP contribution in [-0.2, 0) is 16.0 Å². The Morgan fingerprint density at radius 3 is 2.36 bits per heavy atom. The van der Waals surface area contributed by atoms with E-state index >= 15 is 0 Å². The molecule has 1 saturated heterocycles. The summed E-state index contributed by atoms with van der Waals surface area (Å²) in [7, 11) is 0. The lowest BCUT2D eigenvalue weighted by Crippen LogP contribution is -2.50. The predicted molar refractivity (Wildman–Crippen MR) is 124 cm³/mol. The highest BCUT2D eigenvalue weighted by molar-refractivity contribution is 6.05. The standard InChI is InChI=1S/C25H29N3O5/c1-18(29)20-14-22-23(33-17-32-22)15-21(20)26-24(30)16-27-10-12-28(13-11-27)25(31)9-5-8-19-6-3-2-4-7-19/h2-4,6-7,14-15H,5,8-13,16-17H2,1H3,(H,26,30). The van der Waals surface area contributed by atoms with Crippen molar-refractivity contribution in [1.82, 2.24) is 9.80 Å². The average molecular weight is 452 g/mol. The summed E-state index contributed by atoms with van der Waals surface area (Å²) in [6.45, 7) is 4.24. The number of piperazine rings is 1. The number of nitrogens with one attached hydrogen (secondary N) is 1. The van der Waals surface area contributed by atoms with E-state index in [9.17, 15) is 14.4 Å². The zero-order valence-electron chi connectivity index (χ0n) is 18.8. The second-order valence-corrected chi connectivity index (χ2v) is 8.35. The molecular formula is C25H29N3O5. The van der Waals surface area contributed by atoms with Gasteiger partial charge in [0.05, 0.1) is 12.2 Å². The number of carbonyl (C=O) groups excluding carboxylic acids is 3. The van der Waals surface area contributed by atoms with Crippen molar-refractivity contribution in [3.8, 4) is 11.5 Å². The van der Waals surface area contributed by atoms with Crippen molar-refractivity contribution in [3.63, 3.8) is 0 Å². The van der Waals surface area contributed by atoms with E-state index in [1.54, 1.807) is 12.1 Å². The molecule has 8 nitrogen and oxygen atoms in total. The molecule has 0 unspecified atom stereocenters. The van der Waals surface area contributed by atoms with E-state index in [-0.39, 0.29) is 30.9 Å². The number of amides is 2. The van der Waals surface area contributed by atoms with E-state index < -0.39 is 0 Å². The van der Waals surface area contributed by atoms with Crippen LogP contribution in [0.2, 0.25) is 0 Å². The molecule has 0 spiro atoms. The molecule has 4 rings (SSSR count). The van der Waals surface area contributed by atoms with Crippen LogP contribution in [0.4, 0.5) is 5.69 Å². The molecule has 2 heterocycles. The van der Waals surface area contributed by atoms with Gasteiger partial charge in [0.25, 0.3) is 0 Å². The Balaban J connectivity index is 1.23. The van der Waals surface area contributed by atoms with Gasteiger partial charge in [-0.1, -0.05) is 30.3 Å². The number of nitrogens with zero attached hydrogens (tertiary/aromatic N) is 2. The summed E-state index contributed by atoms with van der Waals surface area (Å²) in [5, 5.41) is 2.83. The van der Waals surface area contributed by atoms with Gasteiger partial charge in [0.15, 0.2) is 17.3 Å². The molecule has 2 aliphatic rings. The molecule has 0 radical (unpaired) electrons. The minimum absolute atomic E-state index is 0.0966. The van der Waals surface area contributed by atoms with Gasteiger partial charge < -0.3 is 19.7 Å². The molecule has 1 fully saturated rings. The zero-order valence-corrected chi connectivity index (χ0v) is 18.8. The van der Waals surface area contributed by atoms with Gasteiger partial charge in [0.2, 0.25) is 18.6 Å². The van der Waals surface area contributed by atoms with Crippen molar-refractivity contribution in [3.05, 3.63) is 53.6 Å². The van der Waals surface area contributed by atoms with Crippen LogP contribution >= 0.6 is 0 Å². The molecule has 2 aliphatic heterocycles. The molecule has 2 aromatic rings. The number of rotatable bonds is 8. The van der Waals surface area contributed by atoms with E-state index in [1.165, 1.54) is 12.5 Å². The van der Waals surface area contributed by atoms with Crippen LogP contribution in [0.25, 0.3) is 0 Å². The largest absolute Gasteiger partial charge is 0.454 e. The lowest BCUT2D eigenvalue weighted by molar-refractivity contribution is -0.133. The third-order valence-electron chi connectivity index (χ3n) is 5.96. The molecule has 0 bridgehead atoms. The zero-order chi connectivity index (χ0) is 23.2. The lowest BCUT2D eigenvalue weighted by Gasteiger charge is -2.34. The number of hydrogen-bond acceptors (Lipinski definition) is 6. The molecule has 0 atom stereocenters. The number of fused-ring (bicyclic) bond motifs is 1. The second kappa shape index (κ2) is 10.5. The fraction of sp³-hybridized carbons (Fsp3) is 0.400. The molecule has 33 heavy (non-hydrogen) atoms. The third kappa shape index (κ3) is 5.90. The molecule has 174 valence electrons. The Bertz CT molecular complexity index is 1020. The molecular weight excluding hydrogens is 422 g/mol. The molecule has 2 amide bonds. The maximum atomic E-state index is 12.6. The SMILES string of the molecule is CC(=O)c1cc2c(cc1NC(=O)CN1CCN(C(=O)CCCc3ccccc3)CC1)OCO2. The maximum Gasteiger partial charge on any atom is 0.238 e. The first-order valence-electron chi connectivity index (χ1n) is 11.3. The van der Waals surface area contributed by atoms with Crippen LogP contribution in [0.5, 0.6) is 11.5 Å². The highest BCUT2D eigenvalue weighted by atomic mass is 16.7. The third-order valence-corrected chi connectivity index (χ3v) is 5.96. The van der Waals surface area contributed by atoms with Crippen LogP contribution in [-0.4, -0.2) is 66.9 Å². The van der Waals surface area contributed by atoms with E-state index in [4.69, 9.17) is 9.47 Å². The number of ether oxygens (including phenoxy) is 2. The number of ketones is 1. The molecule has 1 N–H and O–H groups in total.